The van der Waals surface area contributed by atoms with Crippen LogP contribution in [0.5, 0.6) is 0 Å². The summed E-state index contributed by atoms with van der Waals surface area (Å²) >= 11 is 0. The zero-order valence-electron chi connectivity index (χ0n) is 13.4. The summed E-state index contributed by atoms with van der Waals surface area (Å²) in [5.41, 5.74) is 1.69. The molecule has 2 amide bonds. The second-order valence-corrected chi connectivity index (χ2v) is 7.88. The van der Waals surface area contributed by atoms with Gasteiger partial charge in [0.25, 0.3) is 0 Å². The summed E-state index contributed by atoms with van der Waals surface area (Å²) in [6, 6.07) is 6.87. The van der Waals surface area contributed by atoms with Crippen molar-refractivity contribution in [2.45, 2.75) is 32.7 Å². The molecule has 1 heterocycles. The van der Waals surface area contributed by atoms with Gasteiger partial charge in [0, 0.05) is 18.3 Å². The number of nitrogens with one attached hydrogen (secondary N) is 1. The summed E-state index contributed by atoms with van der Waals surface area (Å²) in [6.45, 7) is 4.08. The van der Waals surface area contributed by atoms with Crippen LogP contribution in [0.15, 0.2) is 24.3 Å². The molecule has 23 heavy (non-hydrogen) atoms. The van der Waals surface area contributed by atoms with Gasteiger partial charge >= 0.3 is 11.8 Å². The minimum absolute atomic E-state index is 0.0644. The molecule has 1 saturated heterocycles. The number of nitrogens with zero attached hydrogens (tertiary/aromatic N) is 1. The minimum atomic E-state index is -3.10. The number of hydrogen-bond donors (Lipinski definition) is 1. The summed E-state index contributed by atoms with van der Waals surface area (Å²) in [7, 11) is -3.10. The highest BCUT2D eigenvalue weighted by Crippen LogP contribution is 2.18. The third kappa shape index (κ3) is 4.31. The fraction of sp³-hybridized carbons (Fsp3) is 0.500. The maximum absolute atomic E-state index is 12.3. The van der Waals surface area contributed by atoms with Gasteiger partial charge in [-0.15, -0.1) is 0 Å². The first-order valence-corrected chi connectivity index (χ1v) is 9.59. The number of carbonyl (C=O) groups excluding carboxylic acids is 2. The van der Waals surface area contributed by atoms with Crippen LogP contribution in [0.4, 0.5) is 5.69 Å². The van der Waals surface area contributed by atoms with Crippen LogP contribution in [0.3, 0.4) is 0 Å². The van der Waals surface area contributed by atoms with Gasteiger partial charge in [-0.1, -0.05) is 19.1 Å². The summed E-state index contributed by atoms with van der Waals surface area (Å²) < 4.78 is 23.1. The third-order valence-corrected chi connectivity index (χ3v) is 5.82. The molecular formula is C16H22N2O4S. The Labute approximate surface area is 136 Å². The molecule has 1 aromatic carbocycles. The number of likely N-dealkylation sites (N-methyl/N-ethyl adjacent to an activating group) is 1. The molecule has 0 aliphatic carbocycles. The van der Waals surface area contributed by atoms with Crippen molar-refractivity contribution in [3.8, 4) is 0 Å². The Bertz CT molecular complexity index is 683. The zero-order chi connectivity index (χ0) is 17.0. The van der Waals surface area contributed by atoms with Crippen molar-refractivity contribution in [1.82, 2.24) is 4.90 Å². The van der Waals surface area contributed by atoms with E-state index in [1.807, 2.05) is 19.1 Å². The molecule has 0 saturated carbocycles. The predicted molar refractivity (Wildman–Crippen MR) is 88.9 cm³/mol. The van der Waals surface area contributed by atoms with Crippen LogP contribution < -0.4 is 5.32 Å². The summed E-state index contributed by atoms with van der Waals surface area (Å²) in [4.78, 5) is 25.8. The predicted octanol–water partition coefficient (Wildman–Crippen LogP) is 1.22. The Morgan fingerprint density at radius 1 is 1.22 bits per heavy atom. The lowest BCUT2D eigenvalue weighted by molar-refractivity contribution is -0.144. The lowest BCUT2D eigenvalue weighted by Crippen LogP contribution is -2.46. The number of rotatable bonds is 4. The number of sulfone groups is 1. The van der Waals surface area contributed by atoms with Crippen molar-refractivity contribution >= 4 is 27.3 Å². The molecule has 1 fully saturated rings. The molecular weight excluding hydrogens is 316 g/mol. The smallest absolute Gasteiger partial charge is 0.313 e. The van der Waals surface area contributed by atoms with Crippen molar-refractivity contribution in [2.24, 2.45) is 0 Å². The van der Waals surface area contributed by atoms with Crippen molar-refractivity contribution in [3.63, 3.8) is 0 Å². The molecule has 1 N–H and O–H groups in total. The van der Waals surface area contributed by atoms with Gasteiger partial charge in [-0.2, -0.15) is 0 Å². The van der Waals surface area contributed by atoms with E-state index < -0.39 is 27.7 Å². The van der Waals surface area contributed by atoms with Crippen LogP contribution in [0.1, 0.15) is 25.8 Å². The maximum atomic E-state index is 12.3. The SMILES string of the molecule is CCc1ccc(NC(=O)C(=O)N(CC)C2CCS(=O)(=O)C2)cc1. The van der Waals surface area contributed by atoms with Gasteiger partial charge in [-0.05, 0) is 37.5 Å². The molecule has 1 aromatic rings. The quantitative estimate of drug-likeness (QED) is 0.837. The first-order chi connectivity index (χ1) is 10.9. The number of anilines is 1. The Hall–Kier alpha value is -1.89. The number of hydrogen-bond acceptors (Lipinski definition) is 4. The monoisotopic (exact) mass is 338 g/mol. The Morgan fingerprint density at radius 2 is 1.87 bits per heavy atom. The molecule has 1 unspecified atom stereocenters. The van der Waals surface area contributed by atoms with Gasteiger partial charge < -0.3 is 10.2 Å². The van der Waals surface area contributed by atoms with Crippen LogP contribution in [0.25, 0.3) is 0 Å². The third-order valence-electron chi connectivity index (χ3n) is 4.07. The molecule has 0 bridgehead atoms. The highest BCUT2D eigenvalue weighted by molar-refractivity contribution is 7.91. The van der Waals surface area contributed by atoms with Crippen LogP contribution in [0.2, 0.25) is 0 Å². The van der Waals surface area contributed by atoms with Crippen molar-refractivity contribution < 1.29 is 18.0 Å². The van der Waals surface area contributed by atoms with E-state index in [0.29, 0.717) is 18.7 Å². The fourth-order valence-electron chi connectivity index (χ4n) is 2.73. The molecule has 7 heteroatoms. The highest BCUT2D eigenvalue weighted by Gasteiger charge is 2.35. The Kier molecular flexibility index (Phi) is 5.41. The number of carbonyl (C=O) groups is 2. The van der Waals surface area contributed by atoms with Gasteiger partial charge in [0.15, 0.2) is 9.84 Å². The molecule has 0 aromatic heterocycles. The summed E-state index contributed by atoms with van der Waals surface area (Å²) in [5.74, 6) is -1.42. The van der Waals surface area contributed by atoms with Crippen LogP contribution in [-0.2, 0) is 25.8 Å². The van der Waals surface area contributed by atoms with E-state index in [2.05, 4.69) is 5.32 Å². The second kappa shape index (κ2) is 7.12. The lowest BCUT2D eigenvalue weighted by Gasteiger charge is -2.26. The van der Waals surface area contributed by atoms with E-state index in [9.17, 15) is 18.0 Å². The number of amides is 2. The first kappa shape index (κ1) is 17.5. The summed E-state index contributed by atoms with van der Waals surface area (Å²) in [6.07, 6.45) is 1.29. The van der Waals surface area contributed by atoms with E-state index in [0.717, 1.165) is 12.0 Å². The standard InChI is InChI=1S/C16H22N2O4S/c1-3-12-5-7-13(8-6-12)17-15(19)16(20)18(4-2)14-9-10-23(21,22)11-14/h5-8,14H,3-4,9-11H2,1-2H3,(H,17,19). The van der Waals surface area contributed by atoms with Gasteiger partial charge in [-0.3, -0.25) is 9.59 Å². The van der Waals surface area contributed by atoms with Gasteiger partial charge in [-0.25, -0.2) is 8.42 Å². The first-order valence-electron chi connectivity index (χ1n) is 7.77. The average molecular weight is 338 g/mol. The van der Waals surface area contributed by atoms with Crippen LogP contribution in [-0.4, -0.2) is 49.2 Å². The zero-order valence-corrected chi connectivity index (χ0v) is 14.2. The summed E-state index contributed by atoms with van der Waals surface area (Å²) in [5, 5.41) is 2.57. The van der Waals surface area contributed by atoms with Crippen LogP contribution >= 0.6 is 0 Å². The van der Waals surface area contributed by atoms with E-state index in [1.165, 1.54) is 4.90 Å². The second-order valence-electron chi connectivity index (χ2n) is 5.65. The topological polar surface area (TPSA) is 83.6 Å². The van der Waals surface area contributed by atoms with Gasteiger partial charge in [0.05, 0.1) is 11.5 Å². The number of aryl methyl sites for hydroxylation is 1. The Balaban J connectivity index is 2.03. The molecule has 0 spiro atoms. The van der Waals surface area contributed by atoms with Crippen molar-refractivity contribution in [2.75, 3.05) is 23.4 Å². The normalized spacial score (nSPS) is 19.3. The molecule has 1 atom stereocenters. The molecule has 2 rings (SSSR count). The molecule has 126 valence electrons. The molecule has 1 aliphatic rings. The van der Waals surface area contributed by atoms with E-state index in [-0.39, 0.29) is 11.5 Å². The maximum Gasteiger partial charge on any atom is 0.313 e. The Morgan fingerprint density at radius 3 is 2.35 bits per heavy atom. The van der Waals surface area contributed by atoms with E-state index >= 15 is 0 Å². The van der Waals surface area contributed by atoms with E-state index in [4.69, 9.17) is 0 Å². The molecule has 1 aliphatic heterocycles. The largest absolute Gasteiger partial charge is 0.331 e. The van der Waals surface area contributed by atoms with Crippen LogP contribution in [0, 0.1) is 0 Å². The minimum Gasteiger partial charge on any atom is -0.331 e. The molecule has 0 radical (unpaired) electrons. The number of benzene rings is 1. The lowest BCUT2D eigenvalue weighted by atomic mass is 10.1. The van der Waals surface area contributed by atoms with E-state index in [1.54, 1.807) is 19.1 Å². The average Bonchev–Trinajstić information content (AvgIpc) is 2.88. The van der Waals surface area contributed by atoms with Gasteiger partial charge in [0.2, 0.25) is 0 Å². The highest BCUT2D eigenvalue weighted by atomic mass is 32.2. The fourth-order valence-corrected chi connectivity index (χ4v) is 4.46. The molecule has 6 nitrogen and oxygen atoms in total. The van der Waals surface area contributed by atoms with Crippen molar-refractivity contribution in [3.05, 3.63) is 29.8 Å². The van der Waals surface area contributed by atoms with Gasteiger partial charge in [0.1, 0.15) is 0 Å². The van der Waals surface area contributed by atoms with Crippen molar-refractivity contribution in [1.29, 1.82) is 0 Å².